The Morgan fingerprint density at radius 2 is 0.862 bits per heavy atom. The van der Waals surface area contributed by atoms with Gasteiger partial charge in [-0.1, -0.05) is 13.8 Å². The lowest BCUT2D eigenvalue weighted by molar-refractivity contribution is 0.229. The third kappa shape index (κ3) is 1.81. The van der Waals surface area contributed by atoms with Gasteiger partial charge in [-0.25, -0.2) is 0 Å². The van der Waals surface area contributed by atoms with Crippen molar-refractivity contribution in [1.82, 2.24) is 0 Å². The van der Waals surface area contributed by atoms with Gasteiger partial charge in [0.1, 0.15) is 0 Å². The molecule has 156 valence electrons. The Kier molecular flexibility index (Phi) is 3.87. The molecule has 1 heterocycles. The van der Waals surface area contributed by atoms with E-state index in [0.29, 0.717) is 0 Å². The van der Waals surface area contributed by atoms with Crippen LogP contribution in [0, 0.1) is 55.4 Å². The molecule has 0 fully saturated rings. The Bertz CT molecular complexity index is 1100. The number of benzene rings is 2. The molecule has 4 rings (SSSR count). The summed E-state index contributed by atoms with van der Waals surface area (Å²) >= 11 is 0. The van der Waals surface area contributed by atoms with E-state index in [2.05, 4.69) is 95.0 Å². The van der Waals surface area contributed by atoms with Crippen molar-refractivity contribution in [3.8, 4) is 0 Å². The predicted octanol–water partition coefficient (Wildman–Crippen LogP) is 6.96. The molecule has 2 atom stereocenters. The lowest BCUT2D eigenvalue weighted by atomic mass is 9.61. The normalized spacial score (nSPS) is 26.6. The van der Waals surface area contributed by atoms with Gasteiger partial charge in [0.2, 0.25) is 0 Å². The number of hydrogen-bond acceptors (Lipinski definition) is 1. The summed E-state index contributed by atoms with van der Waals surface area (Å²) in [4.78, 5) is 2.65. The van der Waals surface area contributed by atoms with Crippen molar-refractivity contribution in [3.05, 3.63) is 61.2 Å². The molecule has 0 bridgehead atoms. The van der Waals surface area contributed by atoms with E-state index < -0.39 is 0 Å². The van der Waals surface area contributed by atoms with Gasteiger partial charge in [-0.2, -0.15) is 0 Å². The Hall–Kier alpha value is -1.76. The Balaban J connectivity index is 2.31. The van der Waals surface area contributed by atoms with Crippen molar-refractivity contribution in [2.75, 3.05) is 11.9 Å². The van der Waals surface area contributed by atoms with Crippen LogP contribution in [-0.4, -0.2) is 12.6 Å². The minimum atomic E-state index is -0.0312. The van der Waals surface area contributed by atoms with E-state index in [1.165, 1.54) is 50.2 Å². The minimum Gasteiger partial charge on any atom is -0.367 e. The first-order chi connectivity index (χ1) is 13.2. The molecule has 0 aromatic heterocycles. The zero-order valence-electron chi connectivity index (χ0n) is 20.9. The summed E-state index contributed by atoms with van der Waals surface area (Å²) in [5.41, 5.74) is 18.0. The van der Waals surface area contributed by atoms with Gasteiger partial charge >= 0.3 is 0 Å². The average molecular weight is 390 g/mol. The molecule has 1 nitrogen and oxygen atoms in total. The van der Waals surface area contributed by atoms with Gasteiger partial charge in [-0.05, 0) is 130 Å². The number of likely N-dealkylation sites (N-methyl/N-ethyl adjacent to an activating group) is 1. The molecule has 2 aliphatic rings. The van der Waals surface area contributed by atoms with Crippen molar-refractivity contribution in [2.45, 2.75) is 99.5 Å². The summed E-state index contributed by atoms with van der Waals surface area (Å²) in [5, 5.41) is 0. The first-order valence-corrected chi connectivity index (χ1v) is 11.1. The first kappa shape index (κ1) is 20.5. The van der Waals surface area contributed by atoms with Crippen molar-refractivity contribution >= 4 is 5.69 Å². The van der Waals surface area contributed by atoms with E-state index in [9.17, 15) is 0 Å². The third-order valence-electron chi connectivity index (χ3n) is 10.2. The molecule has 0 saturated heterocycles. The van der Waals surface area contributed by atoms with Crippen molar-refractivity contribution in [1.29, 1.82) is 0 Å². The molecule has 0 saturated carbocycles. The molecule has 0 radical (unpaired) electrons. The molecule has 29 heavy (non-hydrogen) atoms. The monoisotopic (exact) mass is 389 g/mol. The zero-order valence-corrected chi connectivity index (χ0v) is 20.9. The maximum absolute atomic E-state index is 2.65. The second-order valence-corrected chi connectivity index (χ2v) is 10.9. The van der Waals surface area contributed by atoms with E-state index >= 15 is 0 Å². The van der Waals surface area contributed by atoms with Crippen LogP contribution in [0.25, 0.3) is 0 Å². The molecule has 2 unspecified atom stereocenters. The first-order valence-electron chi connectivity index (χ1n) is 11.1. The number of anilines is 1. The second kappa shape index (κ2) is 5.48. The van der Waals surface area contributed by atoms with Crippen LogP contribution in [0.3, 0.4) is 0 Å². The number of nitrogens with zero attached hydrogens (tertiary/aromatic N) is 1. The van der Waals surface area contributed by atoms with E-state index in [-0.39, 0.29) is 16.4 Å². The van der Waals surface area contributed by atoms with Gasteiger partial charge in [-0.3, -0.25) is 0 Å². The summed E-state index contributed by atoms with van der Waals surface area (Å²) in [6, 6.07) is 0. The number of fused-ring (bicyclic) bond motifs is 5. The second-order valence-electron chi connectivity index (χ2n) is 10.9. The average Bonchev–Trinajstić information content (AvgIpc) is 2.93. The van der Waals surface area contributed by atoms with Gasteiger partial charge in [0.25, 0.3) is 0 Å². The quantitative estimate of drug-likeness (QED) is 0.471. The van der Waals surface area contributed by atoms with Gasteiger partial charge in [0.05, 0.1) is 5.54 Å². The lowest BCUT2D eigenvalue weighted by Gasteiger charge is -2.49. The fourth-order valence-electron chi connectivity index (χ4n) is 7.50. The molecular formula is C28H39N. The maximum atomic E-state index is 2.65. The zero-order chi connectivity index (χ0) is 22.0. The molecule has 2 aromatic carbocycles. The molecule has 1 heteroatoms. The SMILES string of the molecule is Cc1c(C)c(C)c2c(c1C)N(C)C1(C)C(C)(C)c3c(C)c(C)c(C)c(C)c3C21C. The highest BCUT2D eigenvalue weighted by Crippen LogP contribution is 2.69. The van der Waals surface area contributed by atoms with Gasteiger partial charge in [0.15, 0.2) is 0 Å². The molecule has 0 amide bonds. The summed E-state index contributed by atoms with van der Waals surface area (Å²) in [6.45, 7) is 28.7. The summed E-state index contributed by atoms with van der Waals surface area (Å²) < 4.78 is 0. The van der Waals surface area contributed by atoms with Crippen LogP contribution >= 0.6 is 0 Å². The minimum absolute atomic E-state index is 0.0177. The topological polar surface area (TPSA) is 3.24 Å². The standard InChI is InChI=1S/C28H39N/c1-14-15(2)19(6)23-22(18(14)5)26(9,10)28(12)27(23,11)24-20(7)16(3)17(4)21(8)25(24)29(28)13/h1-13H3. The number of hydrogen-bond donors (Lipinski definition) is 0. The van der Waals surface area contributed by atoms with Crippen LogP contribution < -0.4 is 4.90 Å². The van der Waals surface area contributed by atoms with Crippen LogP contribution in [-0.2, 0) is 10.8 Å². The largest absolute Gasteiger partial charge is 0.367 e. The van der Waals surface area contributed by atoms with E-state index in [0.717, 1.165) is 0 Å². The highest BCUT2D eigenvalue weighted by Gasteiger charge is 2.70. The van der Waals surface area contributed by atoms with Crippen LogP contribution in [0.1, 0.15) is 88.9 Å². The lowest BCUT2D eigenvalue weighted by Crippen LogP contribution is -2.60. The maximum Gasteiger partial charge on any atom is 0.0597 e. The molecular weight excluding hydrogens is 350 g/mol. The predicted molar refractivity (Wildman–Crippen MR) is 127 cm³/mol. The summed E-state index contributed by atoms with van der Waals surface area (Å²) in [6.07, 6.45) is 0. The summed E-state index contributed by atoms with van der Waals surface area (Å²) in [5.74, 6) is 0. The molecule has 0 spiro atoms. The van der Waals surface area contributed by atoms with E-state index in [1.807, 2.05) is 0 Å². The molecule has 0 N–H and O–H groups in total. The van der Waals surface area contributed by atoms with Crippen molar-refractivity contribution in [3.63, 3.8) is 0 Å². The van der Waals surface area contributed by atoms with E-state index in [1.54, 1.807) is 16.7 Å². The molecule has 1 aliphatic heterocycles. The molecule has 1 aliphatic carbocycles. The third-order valence-corrected chi connectivity index (χ3v) is 10.2. The van der Waals surface area contributed by atoms with E-state index in [4.69, 9.17) is 0 Å². The van der Waals surface area contributed by atoms with Crippen LogP contribution in [0.2, 0.25) is 0 Å². The van der Waals surface area contributed by atoms with Crippen molar-refractivity contribution < 1.29 is 0 Å². The van der Waals surface area contributed by atoms with Gasteiger partial charge in [-0.15, -0.1) is 0 Å². The van der Waals surface area contributed by atoms with Crippen LogP contribution in [0.5, 0.6) is 0 Å². The smallest absolute Gasteiger partial charge is 0.0597 e. The summed E-state index contributed by atoms with van der Waals surface area (Å²) in [7, 11) is 2.35. The van der Waals surface area contributed by atoms with Crippen molar-refractivity contribution in [2.24, 2.45) is 0 Å². The van der Waals surface area contributed by atoms with Gasteiger partial charge in [0, 0.05) is 23.6 Å². The highest BCUT2D eigenvalue weighted by atomic mass is 15.2. The Morgan fingerprint density at radius 1 is 0.483 bits per heavy atom. The van der Waals surface area contributed by atoms with Crippen LogP contribution in [0.15, 0.2) is 0 Å². The number of rotatable bonds is 0. The highest BCUT2D eigenvalue weighted by molar-refractivity contribution is 5.83. The Labute approximate surface area is 178 Å². The van der Waals surface area contributed by atoms with Gasteiger partial charge < -0.3 is 4.90 Å². The fraction of sp³-hybridized carbons (Fsp3) is 0.571. The Morgan fingerprint density at radius 3 is 1.34 bits per heavy atom. The molecule has 2 aromatic rings. The fourth-order valence-corrected chi connectivity index (χ4v) is 7.50. The van der Waals surface area contributed by atoms with Crippen LogP contribution in [0.4, 0.5) is 5.69 Å².